The average Bonchev–Trinajstić information content (AvgIpc) is 2.50. The Bertz CT molecular complexity index is 416. The van der Waals surface area contributed by atoms with Crippen molar-refractivity contribution in [2.75, 3.05) is 7.11 Å². The molecule has 0 saturated heterocycles. The Morgan fingerprint density at radius 1 is 1.30 bits per heavy atom. The second-order valence-corrected chi connectivity index (χ2v) is 5.20. The molecule has 0 bridgehead atoms. The Morgan fingerprint density at radius 3 is 2.35 bits per heavy atom. The van der Waals surface area contributed by atoms with E-state index >= 15 is 0 Å². The number of aliphatic hydroxyl groups excluding tert-OH is 1. The molecule has 112 valence electrons. The lowest BCUT2D eigenvalue weighted by Gasteiger charge is -2.19. The molecule has 0 radical (unpaired) electrons. The molecule has 3 atom stereocenters. The van der Waals surface area contributed by atoms with Gasteiger partial charge in [-0.05, 0) is 29.9 Å². The van der Waals surface area contributed by atoms with Gasteiger partial charge in [0.05, 0.1) is 13.2 Å². The number of hydrogen-bond donors (Lipinski definition) is 2. The Labute approximate surface area is 120 Å². The van der Waals surface area contributed by atoms with E-state index < -0.39 is 12.1 Å². The molecule has 0 amide bonds. The van der Waals surface area contributed by atoms with Gasteiger partial charge in [0.2, 0.25) is 0 Å². The Morgan fingerprint density at radius 2 is 1.85 bits per heavy atom. The molecule has 0 heterocycles. The van der Waals surface area contributed by atoms with Gasteiger partial charge < -0.3 is 15.6 Å². The largest absolute Gasteiger partial charge is 0.469 e. The highest BCUT2D eigenvalue weighted by Crippen LogP contribution is 2.23. The van der Waals surface area contributed by atoms with E-state index in [1.807, 2.05) is 24.3 Å². The molecule has 0 spiro atoms. The van der Waals surface area contributed by atoms with E-state index in [0.29, 0.717) is 12.3 Å². The zero-order valence-corrected chi connectivity index (χ0v) is 12.5. The third-order valence-electron chi connectivity index (χ3n) is 3.77. The van der Waals surface area contributed by atoms with Gasteiger partial charge in [-0.25, -0.2) is 0 Å². The number of esters is 1. The Hall–Kier alpha value is -1.39. The quantitative estimate of drug-likeness (QED) is 0.752. The van der Waals surface area contributed by atoms with E-state index in [1.54, 1.807) is 0 Å². The number of carbonyl (C=O) groups is 1. The van der Waals surface area contributed by atoms with Crippen molar-refractivity contribution in [2.24, 2.45) is 5.73 Å². The predicted octanol–water partition coefficient (Wildman–Crippen LogP) is 2.51. The molecule has 3 N–H and O–H groups in total. The molecule has 0 aliphatic heterocycles. The summed E-state index contributed by atoms with van der Waals surface area (Å²) >= 11 is 0. The van der Waals surface area contributed by atoms with Gasteiger partial charge in [0, 0.05) is 12.5 Å². The molecule has 1 rings (SSSR count). The number of rotatable bonds is 7. The third-order valence-corrected chi connectivity index (χ3v) is 3.77. The van der Waals surface area contributed by atoms with Gasteiger partial charge in [0.1, 0.15) is 0 Å². The van der Waals surface area contributed by atoms with E-state index in [1.165, 1.54) is 12.7 Å². The lowest BCUT2D eigenvalue weighted by atomic mass is 9.94. The molecular formula is C16H25NO3. The molecule has 0 aliphatic carbocycles. The van der Waals surface area contributed by atoms with Crippen LogP contribution in [0.2, 0.25) is 0 Å². The van der Waals surface area contributed by atoms with Crippen LogP contribution in [0.4, 0.5) is 0 Å². The summed E-state index contributed by atoms with van der Waals surface area (Å²) in [6, 6.07) is 7.40. The Kier molecular flexibility index (Phi) is 6.68. The van der Waals surface area contributed by atoms with Crippen molar-refractivity contribution < 1.29 is 14.6 Å². The summed E-state index contributed by atoms with van der Waals surface area (Å²) in [5, 5.41) is 10.2. The lowest BCUT2D eigenvalue weighted by Crippen LogP contribution is -2.29. The minimum atomic E-state index is -0.759. The summed E-state index contributed by atoms with van der Waals surface area (Å²) < 4.78 is 4.56. The van der Waals surface area contributed by atoms with Crippen LogP contribution in [0.5, 0.6) is 0 Å². The van der Waals surface area contributed by atoms with Crippen LogP contribution in [0.1, 0.15) is 56.3 Å². The molecule has 20 heavy (non-hydrogen) atoms. The van der Waals surface area contributed by atoms with Crippen LogP contribution in [0.15, 0.2) is 24.3 Å². The Balaban J connectivity index is 2.62. The fourth-order valence-electron chi connectivity index (χ4n) is 2.05. The van der Waals surface area contributed by atoms with E-state index in [0.717, 1.165) is 12.0 Å². The molecule has 4 nitrogen and oxygen atoms in total. The monoisotopic (exact) mass is 279 g/mol. The molecule has 4 heteroatoms. The van der Waals surface area contributed by atoms with Gasteiger partial charge in [-0.3, -0.25) is 4.79 Å². The minimum absolute atomic E-state index is 0.222. The zero-order valence-electron chi connectivity index (χ0n) is 12.5. The van der Waals surface area contributed by atoms with Crippen molar-refractivity contribution in [3.05, 3.63) is 35.4 Å². The van der Waals surface area contributed by atoms with Crippen LogP contribution in [-0.2, 0) is 9.53 Å². The standard InChI is InChI=1S/C16H25NO3/c1-4-11(2)12-5-7-13(8-6-12)16(19)14(17)9-10-15(18)20-3/h5-8,11,14,16,19H,4,9-10,17H2,1-3H3. The van der Waals surface area contributed by atoms with E-state index in [9.17, 15) is 9.90 Å². The van der Waals surface area contributed by atoms with E-state index in [2.05, 4.69) is 18.6 Å². The fraction of sp³-hybridized carbons (Fsp3) is 0.562. The molecule has 0 aromatic heterocycles. The zero-order chi connectivity index (χ0) is 15.1. The lowest BCUT2D eigenvalue weighted by molar-refractivity contribution is -0.140. The topological polar surface area (TPSA) is 72.5 Å². The highest BCUT2D eigenvalue weighted by Gasteiger charge is 2.18. The maximum Gasteiger partial charge on any atom is 0.305 e. The average molecular weight is 279 g/mol. The van der Waals surface area contributed by atoms with Crippen molar-refractivity contribution in [3.63, 3.8) is 0 Å². The van der Waals surface area contributed by atoms with Crippen molar-refractivity contribution in [1.29, 1.82) is 0 Å². The first-order valence-electron chi connectivity index (χ1n) is 7.09. The number of ether oxygens (including phenoxy) is 1. The van der Waals surface area contributed by atoms with Gasteiger partial charge in [-0.15, -0.1) is 0 Å². The molecule has 1 aromatic rings. The first-order valence-corrected chi connectivity index (χ1v) is 7.09. The van der Waals surface area contributed by atoms with Crippen LogP contribution in [0, 0.1) is 0 Å². The number of carbonyl (C=O) groups excluding carboxylic acids is 1. The summed E-state index contributed by atoms with van der Waals surface area (Å²) in [5.41, 5.74) is 7.96. The van der Waals surface area contributed by atoms with Gasteiger partial charge in [-0.1, -0.05) is 38.1 Å². The molecule has 3 unspecified atom stereocenters. The summed E-state index contributed by atoms with van der Waals surface area (Å²) in [4.78, 5) is 11.1. The van der Waals surface area contributed by atoms with Gasteiger partial charge in [-0.2, -0.15) is 0 Å². The first-order chi connectivity index (χ1) is 9.49. The summed E-state index contributed by atoms with van der Waals surface area (Å²) in [5.74, 6) is 0.203. The van der Waals surface area contributed by atoms with Crippen LogP contribution in [0.25, 0.3) is 0 Å². The first kappa shape index (κ1) is 16.7. The van der Waals surface area contributed by atoms with Crippen molar-refractivity contribution in [3.8, 4) is 0 Å². The maximum atomic E-state index is 11.1. The van der Waals surface area contributed by atoms with Crippen LogP contribution in [0.3, 0.4) is 0 Å². The van der Waals surface area contributed by atoms with Gasteiger partial charge >= 0.3 is 5.97 Å². The summed E-state index contributed by atoms with van der Waals surface area (Å²) in [6.45, 7) is 4.32. The number of nitrogens with two attached hydrogens (primary N) is 1. The van der Waals surface area contributed by atoms with Crippen LogP contribution < -0.4 is 5.73 Å². The highest BCUT2D eigenvalue weighted by molar-refractivity contribution is 5.69. The summed E-state index contributed by atoms with van der Waals surface area (Å²) in [6.07, 6.45) is 0.951. The van der Waals surface area contributed by atoms with Gasteiger partial charge in [0.15, 0.2) is 0 Å². The van der Waals surface area contributed by atoms with E-state index in [-0.39, 0.29) is 12.4 Å². The smallest absolute Gasteiger partial charge is 0.305 e. The SMILES string of the molecule is CCC(C)c1ccc(C(O)C(N)CCC(=O)OC)cc1. The molecule has 0 fully saturated rings. The molecular weight excluding hydrogens is 254 g/mol. The summed E-state index contributed by atoms with van der Waals surface area (Å²) in [7, 11) is 1.35. The van der Waals surface area contributed by atoms with Crippen molar-refractivity contribution in [2.45, 2.75) is 51.2 Å². The molecule has 0 saturated carbocycles. The third kappa shape index (κ3) is 4.62. The van der Waals surface area contributed by atoms with Crippen LogP contribution >= 0.6 is 0 Å². The maximum absolute atomic E-state index is 11.1. The number of hydrogen-bond acceptors (Lipinski definition) is 4. The fourth-order valence-corrected chi connectivity index (χ4v) is 2.05. The van der Waals surface area contributed by atoms with Crippen molar-refractivity contribution >= 4 is 5.97 Å². The number of methoxy groups -OCH3 is 1. The predicted molar refractivity (Wildman–Crippen MR) is 79.3 cm³/mol. The second kappa shape index (κ2) is 8.02. The number of aliphatic hydroxyl groups is 1. The van der Waals surface area contributed by atoms with E-state index in [4.69, 9.17) is 5.73 Å². The normalized spacial score (nSPS) is 15.4. The number of benzene rings is 1. The molecule has 1 aromatic carbocycles. The highest BCUT2D eigenvalue weighted by atomic mass is 16.5. The van der Waals surface area contributed by atoms with Gasteiger partial charge in [0.25, 0.3) is 0 Å². The minimum Gasteiger partial charge on any atom is -0.469 e. The second-order valence-electron chi connectivity index (χ2n) is 5.20. The van der Waals surface area contributed by atoms with Crippen LogP contribution in [-0.4, -0.2) is 24.2 Å². The molecule has 0 aliphatic rings. The van der Waals surface area contributed by atoms with Crippen molar-refractivity contribution in [1.82, 2.24) is 0 Å².